The first-order valence-electron chi connectivity index (χ1n) is 11.2. The summed E-state index contributed by atoms with van der Waals surface area (Å²) in [6.45, 7) is 4.91. The molecule has 0 radical (unpaired) electrons. The maximum atomic E-state index is 13.2. The van der Waals surface area contributed by atoms with Crippen molar-refractivity contribution in [2.75, 3.05) is 30.5 Å². The minimum absolute atomic E-state index is 0.0451. The van der Waals surface area contributed by atoms with Gasteiger partial charge in [-0.1, -0.05) is 25.4 Å². The molecule has 2 aromatic heterocycles. The average molecular weight is 557 g/mol. The second-order valence-corrected chi connectivity index (χ2v) is 10.9. The van der Waals surface area contributed by atoms with Crippen molar-refractivity contribution < 1.29 is 22.7 Å². The van der Waals surface area contributed by atoms with Crippen LogP contribution in [0.5, 0.6) is 0 Å². The van der Waals surface area contributed by atoms with Gasteiger partial charge in [-0.2, -0.15) is 13.2 Å². The minimum Gasteiger partial charge on any atom is -0.448 e. The van der Waals surface area contributed by atoms with Crippen molar-refractivity contribution in [1.29, 1.82) is 0 Å². The fraction of sp³-hybridized carbons (Fsp3) is 0.375. The third kappa shape index (κ3) is 6.83. The van der Waals surface area contributed by atoms with E-state index >= 15 is 0 Å². The van der Waals surface area contributed by atoms with Crippen LogP contribution in [0.4, 0.5) is 23.7 Å². The highest BCUT2D eigenvalue weighted by atomic mass is 35.5. The maximum Gasteiger partial charge on any atom is 0.461 e. The molecule has 1 aliphatic rings. The Bertz CT molecular complexity index is 1220. The van der Waals surface area contributed by atoms with E-state index in [0.29, 0.717) is 23.7 Å². The van der Waals surface area contributed by atoms with E-state index < -0.39 is 11.6 Å². The number of anilines is 1. The Morgan fingerprint density at radius 2 is 2.08 bits per heavy atom. The molecule has 0 bridgehead atoms. The van der Waals surface area contributed by atoms with E-state index in [4.69, 9.17) is 21.3 Å². The number of nitrogens with zero attached hydrogens (tertiary/aromatic N) is 4. The number of rotatable bonds is 9. The molecule has 3 aromatic rings. The lowest BCUT2D eigenvalue weighted by molar-refractivity contribution is -0.0329. The number of pyridine rings is 1. The molecule has 0 unspecified atom stereocenters. The Hall–Kier alpha value is -2.50. The molecule has 0 saturated carbocycles. The van der Waals surface area contributed by atoms with E-state index in [-0.39, 0.29) is 42.4 Å². The van der Waals surface area contributed by atoms with Gasteiger partial charge in [0.05, 0.1) is 29.2 Å². The summed E-state index contributed by atoms with van der Waals surface area (Å²) in [7, 11) is 0. The van der Waals surface area contributed by atoms with E-state index in [1.807, 2.05) is 17.5 Å². The molecule has 6 nitrogen and oxygen atoms in total. The van der Waals surface area contributed by atoms with Crippen molar-refractivity contribution in [2.45, 2.75) is 25.8 Å². The number of carbonyl (C=O) groups is 1. The van der Waals surface area contributed by atoms with Crippen LogP contribution in [0.2, 0.25) is 5.02 Å². The van der Waals surface area contributed by atoms with Crippen LogP contribution < -0.4 is 4.31 Å². The lowest BCUT2D eigenvalue weighted by atomic mass is 10.1. The molecule has 0 N–H and O–H groups in total. The summed E-state index contributed by atoms with van der Waals surface area (Å²) < 4.78 is 45.7. The number of hydrogen-bond acceptors (Lipinski definition) is 7. The topological polar surface area (TPSA) is 58.6 Å². The van der Waals surface area contributed by atoms with E-state index in [0.717, 1.165) is 27.0 Å². The van der Waals surface area contributed by atoms with Crippen LogP contribution in [-0.2, 0) is 11.2 Å². The Morgan fingerprint density at radius 3 is 2.75 bits per heavy atom. The standard InChI is InChI=1S/C24H24ClF3N4O2S2/c1-15(2)11-17-12-16(5-6-29-17)22-30-21(14-35-22)19-4-3-18(13-20(19)25)32(36-24(26,27)28)8-7-31-9-10-34-23(31)33/h3-6,12-15H,7-11H2,1-2H3. The van der Waals surface area contributed by atoms with Crippen molar-refractivity contribution in [1.82, 2.24) is 14.9 Å². The smallest absolute Gasteiger partial charge is 0.448 e. The van der Waals surface area contributed by atoms with Crippen molar-refractivity contribution in [3.8, 4) is 21.8 Å². The first kappa shape index (κ1) is 26.6. The SMILES string of the molecule is CC(C)Cc1cc(-c2nc(-c3ccc(N(CCN4CCOC4=O)SC(F)(F)F)cc3Cl)cs2)ccn1. The molecule has 12 heteroatoms. The molecule has 1 saturated heterocycles. The van der Waals surface area contributed by atoms with Crippen LogP contribution >= 0.6 is 34.9 Å². The number of alkyl halides is 3. The summed E-state index contributed by atoms with van der Waals surface area (Å²) in [5, 5.41) is 2.97. The highest BCUT2D eigenvalue weighted by Gasteiger charge is 2.34. The molecule has 3 heterocycles. The first-order chi connectivity index (χ1) is 17.1. The van der Waals surface area contributed by atoms with Gasteiger partial charge in [0.2, 0.25) is 0 Å². The van der Waals surface area contributed by atoms with Gasteiger partial charge >= 0.3 is 11.6 Å². The predicted molar refractivity (Wildman–Crippen MR) is 138 cm³/mol. The first-order valence-corrected chi connectivity index (χ1v) is 13.3. The van der Waals surface area contributed by atoms with Crippen molar-refractivity contribution >= 4 is 46.7 Å². The lowest BCUT2D eigenvalue weighted by Crippen LogP contribution is -2.34. The lowest BCUT2D eigenvalue weighted by Gasteiger charge is -2.26. The third-order valence-corrected chi connectivity index (χ3v) is 7.36. The Morgan fingerprint density at radius 1 is 1.28 bits per heavy atom. The van der Waals surface area contributed by atoms with Crippen LogP contribution in [0, 0.1) is 5.92 Å². The number of ether oxygens (including phenoxy) is 1. The Labute approximate surface area is 220 Å². The molecule has 1 aliphatic heterocycles. The molecular formula is C24H24ClF3N4O2S2. The van der Waals surface area contributed by atoms with Crippen LogP contribution in [0.3, 0.4) is 0 Å². The Kier molecular flexibility index (Phi) is 8.31. The zero-order valence-corrected chi connectivity index (χ0v) is 22.0. The quantitative estimate of drug-likeness (QED) is 0.261. The largest absolute Gasteiger partial charge is 0.461 e. The summed E-state index contributed by atoms with van der Waals surface area (Å²) in [5.41, 5.74) is -1.01. The van der Waals surface area contributed by atoms with E-state index in [1.165, 1.54) is 22.3 Å². The van der Waals surface area contributed by atoms with E-state index in [1.54, 1.807) is 18.3 Å². The summed E-state index contributed by atoms with van der Waals surface area (Å²) in [6, 6.07) is 8.66. The summed E-state index contributed by atoms with van der Waals surface area (Å²) in [4.78, 5) is 22.2. The van der Waals surface area contributed by atoms with E-state index in [2.05, 4.69) is 18.8 Å². The van der Waals surface area contributed by atoms with Crippen molar-refractivity contribution in [2.24, 2.45) is 5.92 Å². The minimum atomic E-state index is -4.50. The zero-order valence-electron chi connectivity index (χ0n) is 19.6. The molecule has 0 spiro atoms. The average Bonchev–Trinajstić information content (AvgIpc) is 3.45. The number of cyclic esters (lactones) is 1. The number of amides is 1. The number of carbonyl (C=O) groups excluding carboxylic acids is 1. The number of halogens is 4. The molecule has 4 rings (SSSR count). The summed E-state index contributed by atoms with van der Waals surface area (Å²) in [5.74, 6) is 0.483. The highest BCUT2D eigenvalue weighted by Crippen LogP contribution is 2.40. The van der Waals surface area contributed by atoms with Crippen LogP contribution in [0.25, 0.3) is 21.8 Å². The number of thiazole rings is 1. The molecule has 0 atom stereocenters. The fourth-order valence-electron chi connectivity index (χ4n) is 3.73. The molecule has 1 aromatic carbocycles. The second kappa shape index (κ2) is 11.3. The van der Waals surface area contributed by atoms with Crippen molar-refractivity contribution in [3.05, 3.63) is 52.6 Å². The summed E-state index contributed by atoms with van der Waals surface area (Å²) in [6.07, 6.45) is 2.11. The van der Waals surface area contributed by atoms with Crippen LogP contribution in [-0.4, -0.2) is 52.7 Å². The number of aromatic nitrogens is 2. The highest BCUT2D eigenvalue weighted by molar-refractivity contribution is 8.01. The molecule has 1 fully saturated rings. The molecule has 1 amide bonds. The zero-order chi connectivity index (χ0) is 25.9. The molecule has 192 valence electrons. The normalized spacial score (nSPS) is 14.0. The molecule has 0 aliphatic carbocycles. The second-order valence-electron chi connectivity index (χ2n) is 8.58. The molecular weight excluding hydrogens is 533 g/mol. The fourth-order valence-corrected chi connectivity index (χ4v) is 5.46. The van der Waals surface area contributed by atoms with Gasteiger partial charge in [0.15, 0.2) is 0 Å². The molecule has 36 heavy (non-hydrogen) atoms. The van der Waals surface area contributed by atoms with Gasteiger partial charge in [0.25, 0.3) is 0 Å². The van der Waals surface area contributed by atoms with Gasteiger partial charge in [0, 0.05) is 47.2 Å². The summed E-state index contributed by atoms with van der Waals surface area (Å²) >= 11 is 7.72. The van der Waals surface area contributed by atoms with Gasteiger partial charge in [-0.3, -0.25) is 4.98 Å². The Balaban J connectivity index is 1.54. The van der Waals surface area contributed by atoms with Gasteiger partial charge < -0.3 is 13.9 Å². The maximum absolute atomic E-state index is 13.2. The predicted octanol–water partition coefficient (Wildman–Crippen LogP) is 7.15. The third-order valence-electron chi connectivity index (χ3n) is 5.33. The monoisotopic (exact) mass is 556 g/mol. The van der Waals surface area contributed by atoms with Gasteiger partial charge in [-0.25, -0.2) is 9.78 Å². The van der Waals surface area contributed by atoms with Crippen molar-refractivity contribution in [3.63, 3.8) is 0 Å². The number of benzene rings is 1. The van der Waals surface area contributed by atoms with Gasteiger partial charge in [-0.05, 0) is 42.7 Å². The van der Waals surface area contributed by atoms with Gasteiger partial charge in [0.1, 0.15) is 11.6 Å². The van der Waals surface area contributed by atoms with Crippen LogP contribution in [0.1, 0.15) is 19.5 Å². The van der Waals surface area contributed by atoms with E-state index in [9.17, 15) is 18.0 Å². The van der Waals surface area contributed by atoms with Gasteiger partial charge in [-0.15, -0.1) is 11.3 Å². The van der Waals surface area contributed by atoms with Crippen LogP contribution in [0.15, 0.2) is 41.9 Å². The number of hydrogen-bond donors (Lipinski definition) is 0.